The first-order valence-electron chi connectivity index (χ1n) is 7.20. The van der Waals surface area contributed by atoms with E-state index in [0.29, 0.717) is 18.4 Å². The maximum Gasteiger partial charge on any atom is 0.333 e. The molecule has 0 bridgehead atoms. The normalized spacial score (nSPS) is 24.1. The van der Waals surface area contributed by atoms with Crippen molar-refractivity contribution in [1.29, 1.82) is 0 Å². The molecule has 1 aliphatic carbocycles. The van der Waals surface area contributed by atoms with Crippen molar-refractivity contribution in [3.8, 4) is 0 Å². The Bertz CT molecular complexity index is 315. The van der Waals surface area contributed by atoms with Gasteiger partial charge in [0.25, 0.3) is 0 Å². The topological polar surface area (TPSA) is 26.3 Å². The lowest BCUT2D eigenvalue weighted by Gasteiger charge is -2.24. The van der Waals surface area contributed by atoms with Crippen LogP contribution in [-0.4, -0.2) is 12.6 Å². The monoisotopic (exact) mass is 250 g/mol. The molecule has 0 fully saturated rings. The third-order valence-electron chi connectivity index (χ3n) is 3.67. The van der Waals surface area contributed by atoms with E-state index in [4.69, 9.17) is 4.74 Å². The molecule has 0 radical (unpaired) electrons. The highest BCUT2D eigenvalue weighted by Gasteiger charge is 2.20. The quantitative estimate of drug-likeness (QED) is 0.400. The Morgan fingerprint density at radius 1 is 1.33 bits per heavy atom. The number of hydrogen-bond acceptors (Lipinski definition) is 2. The molecule has 18 heavy (non-hydrogen) atoms. The fraction of sp³-hybridized carbons (Fsp3) is 0.688. The van der Waals surface area contributed by atoms with Gasteiger partial charge in [-0.2, -0.15) is 0 Å². The van der Waals surface area contributed by atoms with Crippen LogP contribution in [0.4, 0.5) is 0 Å². The average Bonchev–Trinajstić information content (AvgIpc) is 2.38. The van der Waals surface area contributed by atoms with Crippen molar-refractivity contribution >= 4 is 5.97 Å². The highest BCUT2D eigenvalue weighted by molar-refractivity contribution is 5.88. The Labute approximate surface area is 111 Å². The van der Waals surface area contributed by atoms with Gasteiger partial charge in [0.05, 0.1) is 6.61 Å². The van der Waals surface area contributed by atoms with Crippen molar-refractivity contribution in [3.05, 3.63) is 23.8 Å². The van der Waals surface area contributed by atoms with Crippen LogP contribution in [0.1, 0.15) is 52.9 Å². The van der Waals surface area contributed by atoms with E-state index >= 15 is 0 Å². The molecule has 0 aliphatic heterocycles. The zero-order valence-corrected chi connectivity index (χ0v) is 11.9. The third kappa shape index (κ3) is 4.67. The Kier molecular flexibility index (Phi) is 6.77. The van der Waals surface area contributed by atoms with E-state index in [0.717, 1.165) is 37.7 Å². The number of esters is 1. The molecule has 2 heteroatoms. The number of allylic oxidation sites excluding steroid dienone is 3. The highest BCUT2D eigenvalue weighted by atomic mass is 16.5. The molecule has 2 nitrogen and oxygen atoms in total. The molecule has 0 heterocycles. The molecule has 2 unspecified atom stereocenters. The van der Waals surface area contributed by atoms with E-state index < -0.39 is 0 Å². The highest BCUT2D eigenvalue weighted by Crippen LogP contribution is 2.25. The van der Waals surface area contributed by atoms with Gasteiger partial charge in [-0.05, 0) is 37.5 Å². The number of carbonyl (C=O) groups excluding carboxylic acids is 1. The second-order valence-electron chi connectivity index (χ2n) is 5.15. The summed E-state index contributed by atoms with van der Waals surface area (Å²) in [7, 11) is 0. The minimum atomic E-state index is -0.118. The first-order chi connectivity index (χ1) is 8.69. The van der Waals surface area contributed by atoms with Crippen LogP contribution in [0.2, 0.25) is 0 Å². The van der Waals surface area contributed by atoms with E-state index in [1.807, 2.05) is 13.0 Å². The number of carbonyl (C=O) groups is 1. The minimum absolute atomic E-state index is 0.118. The number of ether oxygens (including phenoxy) is 1. The van der Waals surface area contributed by atoms with Crippen LogP contribution < -0.4 is 0 Å². The van der Waals surface area contributed by atoms with Gasteiger partial charge in [0.2, 0.25) is 0 Å². The summed E-state index contributed by atoms with van der Waals surface area (Å²) < 4.78 is 5.46. The summed E-state index contributed by atoms with van der Waals surface area (Å²) in [6.07, 6.45) is 11.4. The fourth-order valence-corrected chi connectivity index (χ4v) is 2.20. The maximum atomic E-state index is 11.9. The molecule has 102 valence electrons. The van der Waals surface area contributed by atoms with Gasteiger partial charge < -0.3 is 4.74 Å². The predicted octanol–water partition coefficient (Wildman–Crippen LogP) is 4.27. The molecule has 0 aromatic rings. The van der Waals surface area contributed by atoms with Crippen LogP contribution in [-0.2, 0) is 9.53 Å². The SMILES string of the molecule is CCCC=C(CC)C(=O)OCC1CC=CCC1C. The zero-order valence-electron chi connectivity index (χ0n) is 11.9. The van der Waals surface area contributed by atoms with Crippen LogP contribution in [0.3, 0.4) is 0 Å². The van der Waals surface area contributed by atoms with E-state index in [2.05, 4.69) is 26.0 Å². The average molecular weight is 250 g/mol. The number of hydrogen-bond donors (Lipinski definition) is 0. The first kappa shape index (κ1) is 15.0. The standard InChI is InChI=1S/C16H26O2/c1-4-6-10-14(5-2)16(17)18-12-15-11-8-7-9-13(15)3/h7-8,10,13,15H,4-6,9,11-12H2,1-3H3. The molecular weight excluding hydrogens is 224 g/mol. The summed E-state index contributed by atoms with van der Waals surface area (Å²) in [4.78, 5) is 11.9. The Morgan fingerprint density at radius 2 is 2.06 bits per heavy atom. The summed E-state index contributed by atoms with van der Waals surface area (Å²) in [6.45, 7) is 6.92. The lowest BCUT2D eigenvalue weighted by Crippen LogP contribution is -2.22. The van der Waals surface area contributed by atoms with Crippen molar-refractivity contribution < 1.29 is 9.53 Å². The summed E-state index contributed by atoms with van der Waals surface area (Å²) in [5.74, 6) is 0.989. The number of unbranched alkanes of at least 4 members (excludes halogenated alkanes) is 1. The van der Waals surface area contributed by atoms with Gasteiger partial charge in [-0.25, -0.2) is 4.79 Å². The van der Waals surface area contributed by atoms with E-state index in [1.54, 1.807) is 0 Å². The van der Waals surface area contributed by atoms with Crippen LogP contribution in [0.25, 0.3) is 0 Å². The molecular formula is C16H26O2. The van der Waals surface area contributed by atoms with Gasteiger partial charge in [-0.15, -0.1) is 0 Å². The van der Waals surface area contributed by atoms with E-state index in [9.17, 15) is 4.79 Å². The van der Waals surface area contributed by atoms with Crippen LogP contribution in [0.15, 0.2) is 23.8 Å². The molecule has 2 atom stereocenters. The minimum Gasteiger partial charge on any atom is -0.462 e. The van der Waals surface area contributed by atoms with Crippen LogP contribution in [0.5, 0.6) is 0 Å². The molecule has 0 aromatic heterocycles. The fourth-order valence-electron chi connectivity index (χ4n) is 2.20. The largest absolute Gasteiger partial charge is 0.462 e. The molecule has 0 aromatic carbocycles. The molecule has 1 rings (SSSR count). The summed E-state index contributed by atoms with van der Waals surface area (Å²) in [5.41, 5.74) is 0.829. The predicted molar refractivity (Wildman–Crippen MR) is 75.3 cm³/mol. The van der Waals surface area contributed by atoms with E-state index in [1.165, 1.54) is 0 Å². The van der Waals surface area contributed by atoms with Crippen molar-refractivity contribution in [2.75, 3.05) is 6.61 Å². The number of rotatable bonds is 6. The van der Waals surface area contributed by atoms with Gasteiger partial charge in [-0.1, -0.05) is 45.4 Å². The van der Waals surface area contributed by atoms with Gasteiger partial charge in [0.15, 0.2) is 0 Å². The molecule has 0 saturated carbocycles. The second-order valence-corrected chi connectivity index (χ2v) is 5.15. The summed E-state index contributed by atoms with van der Waals surface area (Å²) >= 11 is 0. The third-order valence-corrected chi connectivity index (χ3v) is 3.67. The molecule has 0 saturated heterocycles. The molecule has 0 amide bonds. The van der Waals surface area contributed by atoms with Gasteiger partial charge in [0, 0.05) is 5.57 Å². The van der Waals surface area contributed by atoms with E-state index in [-0.39, 0.29) is 5.97 Å². The summed E-state index contributed by atoms with van der Waals surface area (Å²) in [5, 5.41) is 0. The van der Waals surface area contributed by atoms with Gasteiger partial charge in [0.1, 0.15) is 0 Å². The van der Waals surface area contributed by atoms with Crippen LogP contribution >= 0.6 is 0 Å². The molecule has 0 spiro atoms. The molecule has 0 N–H and O–H groups in total. The Balaban J connectivity index is 2.42. The molecule has 1 aliphatic rings. The van der Waals surface area contributed by atoms with Gasteiger partial charge in [-0.3, -0.25) is 0 Å². The lowest BCUT2D eigenvalue weighted by atomic mass is 9.85. The lowest BCUT2D eigenvalue weighted by molar-refractivity contribution is -0.141. The van der Waals surface area contributed by atoms with Crippen molar-refractivity contribution in [1.82, 2.24) is 0 Å². The van der Waals surface area contributed by atoms with Crippen LogP contribution in [0, 0.1) is 11.8 Å². The van der Waals surface area contributed by atoms with Crippen molar-refractivity contribution in [3.63, 3.8) is 0 Å². The summed E-state index contributed by atoms with van der Waals surface area (Å²) in [6, 6.07) is 0. The maximum absolute atomic E-state index is 11.9. The van der Waals surface area contributed by atoms with Crippen molar-refractivity contribution in [2.24, 2.45) is 11.8 Å². The Morgan fingerprint density at radius 3 is 2.67 bits per heavy atom. The second kappa shape index (κ2) is 8.12. The van der Waals surface area contributed by atoms with Gasteiger partial charge >= 0.3 is 5.97 Å². The van der Waals surface area contributed by atoms with Crippen molar-refractivity contribution in [2.45, 2.75) is 52.9 Å². The zero-order chi connectivity index (χ0) is 13.4. The first-order valence-corrected chi connectivity index (χ1v) is 7.20. The smallest absolute Gasteiger partial charge is 0.333 e. The Hall–Kier alpha value is -1.05.